The predicted octanol–water partition coefficient (Wildman–Crippen LogP) is 4.31. The van der Waals surface area contributed by atoms with Crippen molar-refractivity contribution < 1.29 is 4.79 Å². The van der Waals surface area contributed by atoms with E-state index < -0.39 is 0 Å². The van der Waals surface area contributed by atoms with Crippen molar-refractivity contribution in [1.29, 1.82) is 0 Å². The molecule has 0 aliphatic carbocycles. The van der Waals surface area contributed by atoms with Crippen molar-refractivity contribution in [1.82, 2.24) is 4.98 Å². The molecule has 1 amide bonds. The smallest absolute Gasteiger partial charge is 0.257 e. The molecule has 2 aromatic heterocycles. The molecule has 1 aromatic carbocycles. The van der Waals surface area contributed by atoms with Crippen molar-refractivity contribution in [2.75, 3.05) is 5.32 Å². The van der Waals surface area contributed by atoms with Gasteiger partial charge in [0.2, 0.25) is 0 Å². The molecular weight excluding hydrogens is 324 g/mol. The number of hydrogen-bond donors (Lipinski definition) is 1. The van der Waals surface area contributed by atoms with Crippen LogP contribution >= 0.6 is 27.3 Å². The predicted molar refractivity (Wildman–Crippen MR) is 81.7 cm³/mol. The lowest BCUT2D eigenvalue weighted by molar-refractivity contribution is 0.102. The SMILES string of the molecule is O=C(Nc1ccc2sccc2c1)c1ccc(Br)nc1. The number of nitrogens with one attached hydrogen (secondary N) is 1. The maximum Gasteiger partial charge on any atom is 0.257 e. The average Bonchev–Trinajstić information content (AvgIpc) is 2.87. The third-order valence-corrected chi connectivity index (χ3v) is 4.07. The van der Waals surface area contributed by atoms with Crippen molar-refractivity contribution >= 4 is 48.9 Å². The second-order valence-corrected chi connectivity index (χ2v) is 5.76. The molecule has 3 rings (SSSR count). The molecule has 0 bridgehead atoms. The summed E-state index contributed by atoms with van der Waals surface area (Å²) in [5.74, 6) is -0.158. The van der Waals surface area contributed by atoms with Crippen LogP contribution in [0.3, 0.4) is 0 Å². The van der Waals surface area contributed by atoms with Gasteiger partial charge in [-0.25, -0.2) is 4.98 Å². The lowest BCUT2D eigenvalue weighted by Crippen LogP contribution is -2.11. The highest BCUT2D eigenvalue weighted by molar-refractivity contribution is 9.10. The first-order valence-corrected chi connectivity index (χ1v) is 7.30. The first-order valence-electron chi connectivity index (χ1n) is 5.62. The molecule has 94 valence electrons. The van der Waals surface area contributed by atoms with E-state index >= 15 is 0 Å². The summed E-state index contributed by atoms with van der Waals surface area (Å²) in [5.41, 5.74) is 1.33. The largest absolute Gasteiger partial charge is 0.322 e. The maximum atomic E-state index is 12.0. The minimum absolute atomic E-state index is 0.158. The van der Waals surface area contributed by atoms with Crippen LogP contribution in [0, 0.1) is 0 Å². The van der Waals surface area contributed by atoms with Gasteiger partial charge in [-0.15, -0.1) is 11.3 Å². The number of anilines is 1. The van der Waals surface area contributed by atoms with Crippen molar-refractivity contribution in [2.45, 2.75) is 0 Å². The number of hydrogen-bond acceptors (Lipinski definition) is 3. The average molecular weight is 333 g/mol. The summed E-state index contributed by atoms with van der Waals surface area (Å²) in [7, 11) is 0. The van der Waals surface area contributed by atoms with Gasteiger partial charge in [-0.3, -0.25) is 4.79 Å². The van der Waals surface area contributed by atoms with Gasteiger partial charge in [-0.1, -0.05) is 0 Å². The Morgan fingerprint density at radius 3 is 2.89 bits per heavy atom. The second kappa shape index (κ2) is 5.11. The number of aromatic nitrogens is 1. The van der Waals surface area contributed by atoms with E-state index in [-0.39, 0.29) is 5.91 Å². The first kappa shape index (κ1) is 12.3. The van der Waals surface area contributed by atoms with Crippen LogP contribution in [0.25, 0.3) is 10.1 Å². The van der Waals surface area contributed by atoms with E-state index in [2.05, 4.69) is 26.2 Å². The van der Waals surface area contributed by atoms with E-state index in [1.54, 1.807) is 29.7 Å². The van der Waals surface area contributed by atoms with Gasteiger partial charge < -0.3 is 5.32 Å². The molecule has 5 heteroatoms. The van der Waals surface area contributed by atoms with Gasteiger partial charge >= 0.3 is 0 Å². The number of rotatable bonds is 2. The van der Waals surface area contributed by atoms with Crippen molar-refractivity contribution in [2.24, 2.45) is 0 Å². The highest BCUT2D eigenvalue weighted by atomic mass is 79.9. The monoisotopic (exact) mass is 332 g/mol. The lowest BCUT2D eigenvalue weighted by Gasteiger charge is -2.05. The number of amides is 1. The maximum absolute atomic E-state index is 12.0. The molecule has 0 spiro atoms. The topological polar surface area (TPSA) is 42.0 Å². The molecule has 3 aromatic rings. The zero-order valence-electron chi connectivity index (χ0n) is 9.76. The van der Waals surface area contributed by atoms with E-state index in [9.17, 15) is 4.79 Å². The van der Waals surface area contributed by atoms with Gasteiger partial charge in [0.15, 0.2) is 0 Å². The highest BCUT2D eigenvalue weighted by Gasteiger charge is 2.07. The van der Waals surface area contributed by atoms with Gasteiger partial charge in [0.25, 0.3) is 5.91 Å². The summed E-state index contributed by atoms with van der Waals surface area (Å²) < 4.78 is 1.92. The number of carbonyl (C=O) groups is 1. The fourth-order valence-corrected chi connectivity index (χ4v) is 2.76. The van der Waals surface area contributed by atoms with Crippen LogP contribution in [0.15, 0.2) is 52.6 Å². The summed E-state index contributed by atoms with van der Waals surface area (Å²) >= 11 is 4.93. The molecule has 0 aliphatic heterocycles. The number of nitrogens with zero attached hydrogens (tertiary/aromatic N) is 1. The molecular formula is C14H9BrN2OS. The van der Waals surface area contributed by atoms with E-state index in [0.717, 1.165) is 11.1 Å². The van der Waals surface area contributed by atoms with Gasteiger partial charge in [0.05, 0.1) is 5.56 Å². The molecule has 3 nitrogen and oxygen atoms in total. The number of fused-ring (bicyclic) bond motifs is 1. The Kier molecular flexibility index (Phi) is 3.31. The number of carbonyl (C=O) groups excluding carboxylic acids is 1. The van der Waals surface area contributed by atoms with E-state index in [1.807, 2.05) is 29.6 Å². The van der Waals surface area contributed by atoms with Crippen molar-refractivity contribution in [3.63, 3.8) is 0 Å². The highest BCUT2D eigenvalue weighted by Crippen LogP contribution is 2.24. The minimum Gasteiger partial charge on any atom is -0.322 e. The Labute approximate surface area is 122 Å². The molecule has 1 N–H and O–H groups in total. The second-order valence-electron chi connectivity index (χ2n) is 4.00. The van der Waals surface area contributed by atoms with Crippen LogP contribution in [-0.2, 0) is 0 Å². The number of thiophene rings is 1. The first-order chi connectivity index (χ1) is 9.22. The molecule has 0 atom stereocenters. The minimum atomic E-state index is -0.158. The summed E-state index contributed by atoms with van der Waals surface area (Å²) in [6, 6.07) is 11.4. The van der Waals surface area contributed by atoms with Crippen molar-refractivity contribution in [3.8, 4) is 0 Å². The molecule has 0 saturated carbocycles. The molecule has 0 radical (unpaired) electrons. The Balaban J connectivity index is 1.83. The number of halogens is 1. The Morgan fingerprint density at radius 1 is 1.21 bits per heavy atom. The van der Waals surface area contributed by atoms with Crippen LogP contribution in [-0.4, -0.2) is 10.9 Å². The van der Waals surface area contributed by atoms with Gasteiger partial charge in [-0.05, 0) is 63.1 Å². The van der Waals surface area contributed by atoms with E-state index in [0.29, 0.717) is 10.2 Å². The molecule has 19 heavy (non-hydrogen) atoms. The summed E-state index contributed by atoms with van der Waals surface area (Å²) in [6.45, 7) is 0. The van der Waals surface area contributed by atoms with Crippen LogP contribution in [0.4, 0.5) is 5.69 Å². The third-order valence-electron chi connectivity index (χ3n) is 2.70. The van der Waals surface area contributed by atoms with Crippen molar-refractivity contribution in [3.05, 3.63) is 58.1 Å². The summed E-state index contributed by atoms with van der Waals surface area (Å²) in [4.78, 5) is 16.1. The molecule has 2 heterocycles. The molecule has 0 unspecified atom stereocenters. The number of benzene rings is 1. The van der Waals surface area contributed by atoms with Gasteiger partial charge in [0, 0.05) is 16.6 Å². The molecule has 0 aliphatic rings. The fourth-order valence-electron chi connectivity index (χ4n) is 1.76. The quantitative estimate of drug-likeness (QED) is 0.710. The zero-order chi connectivity index (χ0) is 13.2. The molecule has 0 fully saturated rings. The van der Waals surface area contributed by atoms with E-state index in [4.69, 9.17) is 0 Å². The van der Waals surface area contributed by atoms with Crippen LogP contribution in [0.1, 0.15) is 10.4 Å². The number of pyridine rings is 1. The Morgan fingerprint density at radius 2 is 2.11 bits per heavy atom. The van der Waals surface area contributed by atoms with Gasteiger partial charge in [-0.2, -0.15) is 0 Å². The van der Waals surface area contributed by atoms with Crippen LogP contribution in [0.5, 0.6) is 0 Å². The fraction of sp³-hybridized carbons (Fsp3) is 0. The Hall–Kier alpha value is -1.72. The van der Waals surface area contributed by atoms with Crippen LogP contribution in [0.2, 0.25) is 0 Å². The summed E-state index contributed by atoms with van der Waals surface area (Å²) in [6.07, 6.45) is 1.54. The zero-order valence-corrected chi connectivity index (χ0v) is 12.2. The third kappa shape index (κ3) is 2.67. The van der Waals surface area contributed by atoms with E-state index in [1.165, 1.54) is 4.70 Å². The van der Waals surface area contributed by atoms with Gasteiger partial charge in [0.1, 0.15) is 4.60 Å². The lowest BCUT2D eigenvalue weighted by atomic mass is 10.2. The Bertz CT molecular complexity index is 737. The van der Waals surface area contributed by atoms with Crippen LogP contribution < -0.4 is 5.32 Å². The molecule has 0 saturated heterocycles. The standard InChI is InChI=1S/C14H9BrN2OS/c15-13-4-1-10(8-16-13)14(18)17-11-2-3-12-9(7-11)5-6-19-12/h1-8H,(H,17,18). The summed E-state index contributed by atoms with van der Waals surface area (Å²) in [5, 5.41) is 6.04. The normalized spacial score (nSPS) is 10.6.